The fraction of sp³-hybridized carbons (Fsp3) is 0.538. The Morgan fingerprint density at radius 2 is 2.11 bits per heavy atom. The number of ether oxygens (including phenoxy) is 1. The fourth-order valence-electron chi connectivity index (χ4n) is 1.46. The molecule has 1 rings (SSSR count). The lowest BCUT2D eigenvalue weighted by atomic mass is 10.3. The van der Waals surface area contributed by atoms with Crippen molar-refractivity contribution < 1.29 is 9.53 Å². The first-order valence-electron chi connectivity index (χ1n) is 6.29. The first-order chi connectivity index (χ1) is 8.67. The van der Waals surface area contributed by atoms with Gasteiger partial charge in [0.2, 0.25) is 0 Å². The summed E-state index contributed by atoms with van der Waals surface area (Å²) in [6.07, 6.45) is 4.50. The van der Waals surface area contributed by atoms with Crippen LogP contribution < -0.4 is 10.6 Å². The van der Waals surface area contributed by atoms with Crippen LogP contribution in [0.3, 0.4) is 0 Å². The first kappa shape index (κ1) is 14.3. The monoisotopic (exact) mass is 251 g/mol. The summed E-state index contributed by atoms with van der Waals surface area (Å²) >= 11 is 0. The number of aromatic nitrogens is 1. The van der Waals surface area contributed by atoms with Gasteiger partial charge in [-0.1, -0.05) is 6.92 Å². The largest absolute Gasteiger partial charge is 0.464 e. The number of nitrogens with zero attached hydrogens (tertiary/aromatic N) is 1. The molecule has 0 bridgehead atoms. The fourth-order valence-corrected chi connectivity index (χ4v) is 1.46. The highest BCUT2D eigenvalue weighted by molar-refractivity contribution is 5.79. The molecule has 0 fully saturated rings. The van der Waals surface area contributed by atoms with Crippen molar-refractivity contribution in [1.82, 2.24) is 4.98 Å². The van der Waals surface area contributed by atoms with E-state index in [-0.39, 0.29) is 12.0 Å². The Morgan fingerprint density at radius 3 is 2.78 bits per heavy atom. The molecule has 0 aliphatic carbocycles. The van der Waals surface area contributed by atoms with Gasteiger partial charge in [-0.25, -0.2) is 4.79 Å². The minimum Gasteiger partial charge on any atom is -0.464 e. The van der Waals surface area contributed by atoms with Gasteiger partial charge >= 0.3 is 5.97 Å². The summed E-state index contributed by atoms with van der Waals surface area (Å²) < 4.78 is 4.93. The molecule has 1 aromatic rings. The lowest BCUT2D eigenvalue weighted by molar-refractivity contribution is -0.143. The number of carbonyl (C=O) groups is 1. The molecule has 5 nitrogen and oxygen atoms in total. The molecule has 1 aromatic heterocycles. The average molecular weight is 251 g/mol. The predicted molar refractivity (Wildman–Crippen MR) is 72.7 cm³/mol. The van der Waals surface area contributed by atoms with Crippen LogP contribution in [0.5, 0.6) is 0 Å². The second kappa shape index (κ2) is 7.53. The van der Waals surface area contributed by atoms with E-state index in [4.69, 9.17) is 4.74 Å². The van der Waals surface area contributed by atoms with Gasteiger partial charge in [-0.3, -0.25) is 4.98 Å². The third kappa shape index (κ3) is 4.61. The van der Waals surface area contributed by atoms with E-state index in [2.05, 4.69) is 22.5 Å². The number of hydrogen-bond acceptors (Lipinski definition) is 5. The Kier molecular flexibility index (Phi) is 5.97. The van der Waals surface area contributed by atoms with Gasteiger partial charge in [-0.2, -0.15) is 0 Å². The molecule has 1 unspecified atom stereocenters. The zero-order chi connectivity index (χ0) is 13.4. The number of rotatable bonds is 7. The van der Waals surface area contributed by atoms with E-state index >= 15 is 0 Å². The minimum absolute atomic E-state index is 0.260. The molecule has 0 radical (unpaired) electrons. The number of pyridine rings is 1. The van der Waals surface area contributed by atoms with Crippen molar-refractivity contribution in [3.63, 3.8) is 0 Å². The Labute approximate surface area is 108 Å². The van der Waals surface area contributed by atoms with E-state index in [0.29, 0.717) is 6.61 Å². The topological polar surface area (TPSA) is 63.2 Å². The van der Waals surface area contributed by atoms with Crippen LogP contribution in [-0.4, -0.2) is 30.1 Å². The van der Waals surface area contributed by atoms with E-state index in [0.717, 1.165) is 24.3 Å². The average Bonchev–Trinajstić information content (AvgIpc) is 2.37. The standard InChI is InChI=1S/C13H21N3O2/c1-4-6-15-11-7-12(9-14-8-11)16-10(3)13(17)18-5-2/h7-10,15-16H,4-6H2,1-3H3. The van der Waals surface area contributed by atoms with Gasteiger partial charge in [0.25, 0.3) is 0 Å². The van der Waals surface area contributed by atoms with E-state index in [1.165, 1.54) is 0 Å². The summed E-state index contributed by atoms with van der Waals surface area (Å²) in [5.74, 6) is -0.260. The zero-order valence-electron chi connectivity index (χ0n) is 11.2. The van der Waals surface area contributed by atoms with E-state index in [9.17, 15) is 4.79 Å². The third-order valence-corrected chi connectivity index (χ3v) is 2.34. The number of hydrogen-bond donors (Lipinski definition) is 2. The minimum atomic E-state index is -0.381. The Bertz CT molecular complexity index is 382. The van der Waals surface area contributed by atoms with Crippen molar-refractivity contribution in [2.24, 2.45) is 0 Å². The highest BCUT2D eigenvalue weighted by Crippen LogP contribution is 2.14. The number of anilines is 2. The van der Waals surface area contributed by atoms with Crippen LogP contribution in [0, 0.1) is 0 Å². The molecule has 5 heteroatoms. The van der Waals surface area contributed by atoms with Gasteiger partial charge in [0.15, 0.2) is 0 Å². The Balaban J connectivity index is 2.58. The molecule has 1 heterocycles. The van der Waals surface area contributed by atoms with E-state index in [1.54, 1.807) is 26.2 Å². The van der Waals surface area contributed by atoms with Gasteiger partial charge in [0, 0.05) is 6.54 Å². The van der Waals surface area contributed by atoms with Gasteiger partial charge in [-0.15, -0.1) is 0 Å². The molecule has 1 atom stereocenters. The van der Waals surface area contributed by atoms with Gasteiger partial charge in [0.1, 0.15) is 6.04 Å². The summed E-state index contributed by atoms with van der Waals surface area (Å²) in [6.45, 7) is 6.96. The lowest BCUT2D eigenvalue weighted by Crippen LogP contribution is -2.28. The number of nitrogens with one attached hydrogen (secondary N) is 2. The van der Waals surface area contributed by atoms with Gasteiger partial charge in [0.05, 0.1) is 30.4 Å². The molecule has 0 aromatic carbocycles. The van der Waals surface area contributed by atoms with Gasteiger partial charge < -0.3 is 15.4 Å². The third-order valence-electron chi connectivity index (χ3n) is 2.34. The first-order valence-corrected chi connectivity index (χ1v) is 6.29. The smallest absolute Gasteiger partial charge is 0.328 e. The van der Waals surface area contributed by atoms with Gasteiger partial charge in [-0.05, 0) is 26.3 Å². The highest BCUT2D eigenvalue weighted by Gasteiger charge is 2.13. The second-order valence-electron chi connectivity index (χ2n) is 4.01. The van der Waals surface area contributed by atoms with Crippen molar-refractivity contribution in [2.45, 2.75) is 33.2 Å². The van der Waals surface area contributed by atoms with Crippen molar-refractivity contribution in [2.75, 3.05) is 23.8 Å². The quantitative estimate of drug-likeness (QED) is 0.728. The van der Waals surface area contributed by atoms with Crippen LogP contribution in [0.25, 0.3) is 0 Å². The van der Waals surface area contributed by atoms with Crippen LogP contribution >= 0.6 is 0 Å². The van der Waals surface area contributed by atoms with Crippen LogP contribution in [0.2, 0.25) is 0 Å². The molecule has 2 N–H and O–H groups in total. The summed E-state index contributed by atoms with van der Waals surface area (Å²) in [6, 6.07) is 1.55. The molecule has 0 aliphatic rings. The SMILES string of the molecule is CCCNc1cncc(NC(C)C(=O)OCC)c1. The van der Waals surface area contributed by atoms with E-state index in [1.807, 2.05) is 6.07 Å². The molecule has 100 valence electrons. The Hall–Kier alpha value is -1.78. The zero-order valence-corrected chi connectivity index (χ0v) is 11.2. The van der Waals surface area contributed by atoms with Crippen molar-refractivity contribution >= 4 is 17.3 Å². The summed E-state index contributed by atoms with van der Waals surface area (Å²) in [4.78, 5) is 15.6. The van der Waals surface area contributed by atoms with Crippen LogP contribution in [0.1, 0.15) is 27.2 Å². The van der Waals surface area contributed by atoms with Crippen LogP contribution in [0.15, 0.2) is 18.5 Å². The number of carbonyl (C=O) groups excluding carboxylic acids is 1. The van der Waals surface area contributed by atoms with E-state index < -0.39 is 0 Å². The molecule has 0 saturated carbocycles. The van der Waals surface area contributed by atoms with Crippen LogP contribution in [0.4, 0.5) is 11.4 Å². The van der Waals surface area contributed by atoms with Crippen LogP contribution in [-0.2, 0) is 9.53 Å². The number of esters is 1. The Morgan fingerprint density at radius 1 is 1.39 bits per heavy atom. The maximum atomic E-state index is 11.5. The molecule has 0 aliphatic heterocycles. The lowest BCUT2D eigenvalue weighted by Gasteiger charge is -2.14. The molecule has 0 saturated heterocycles. The molecule has 0 amide bonds. The molecular weight excluding hydrogens is 230 g/mol. The second-order valence-corrected chi connectivity index (χ2v) is 4.01. The maximum absolute atomic E-state index is 11.5. The summed E-state index contributed by atoms with van der Waals surface area (Å²) in [7, 11) is 0. The molecule has 0 spiro atoms. The highest BCUT2D eigenvalue weighted by atomic mass is 16.5. The maximum Gasteiger partial charge on any atom is 0.328 e. The summed E-state index contributed by atoms with van der Waals surface area (Å²) in [5, 5.41) is 6.31. The predicted octanol–water partition coefficient (Wildman–Crippen LogP) is 2.27. The normalized spacial score (nSPS) is 11.7. The van der Waals surface area contributed by atoms with Crippen molar-refractivity contribution in [1.29, 1.82) is 0 Å². The summed E-state index contributed by atoms with van der Waals surface area (Å²) in [5.41, 5.74) is 1.74. The molecular formula is C13H21N3O2. The van der Waals surface area contributed by atoms with Crippen molar-refractivity contribution in [3.05, 3.63) is 18.5 Å². The van der Waals surface area contributed by atoms with Crippen molar-refractivity contribution in [3.8, 4) is 0 Å². The molecule has 18 heavy (non-hydrogen) atoms.